The fourth-order valence-electron chi connectivity index (χ4n) is 1.23. The number of aromatic nitrogens is 2. The smallest absolute Gasteiger partial charge is 0.107 e. The van der Waals surface area contributed by atoms with E-state index in [-0.39, 0.29) is 0 Å². The van der Waals surface area contributed by atoms with Gasteiger partial charge in [-0.3, -0.25) is 4.98 Å². The van der Waals surface area contributed by atoms with E-state index < -0.39 is 0 Å². The van der Waals surface area contributed by atoms with Crippen LogP contribution in [0.4, 0.5) is 0 Å². The van der Waals surface area contributed by atoms with Crippen LogP contribution < -0.4 is 5.73 Å². The fourth-order valence-corrected chi connectivity index (χ4v) is 2.01. The molecule has 0 saturated heterocycles. The van der Waals surface area contributed by atoms with Crippen molar-refractivity contribution >= 4 is 11.3 Å². The zero-order valence-electron chi connectivity index (χ0n) is 7.90. The number of nitrogens with zero attached hydrogens (tertiary/aromatic N) is 2. The molecule has 2 aromatic rings. The molecule has 0 aliphatic heterocycles. The van der Waals surface area contributed by atoms with Crippen LogP contribution in [0.3, 0.4) is 0 Å². The minimum absolute atomic E-state index is 0.504. The summed E-state index contributed by atoms with van der Waals surface area (Å²) in [6.07, 6.45) is 5.54. The van der Waals surface area contributed by atoms with Gasteiger partial charge in [0.05, 0.1) is 4.88 Å². The molecule has 0 spiro atoms. The third-order valence-corrected chi connectivity index (χ3v) is 2.96. The van der Waals surface area contributed by atoms with E-state index in [0.29, 0.717) is 6.54 Å². The highest BCUT2D eigenvalue weighted by molar-refractivity contribution is 7.15. The molecule has 2 N–H and O–H groups in total. The van der Waals surface area contributed by atoms with E-state index in [2.05, 4.69) is 16.0 Å². The molecular weight excluding hydrogens is 194 g/mol. The van der Waals surface area contributed by atoms with Crippen molar-refractivity contribution < 1.29 is 0 Å². The van der Waals surface area contributed by atoms with Gasteiger partial charge in [0.25, 0.3) is 0 Å². The monoisotopic (exact) mass is 205 g/mol. The van der Waals surface area contributed by atoms with Crippen molar-refractivity contribution in [2.24, 2.45) is 5.73 Å². The molecule has 0 aromatic carbocycles. The van der Waals surface area contributed by atoms with Crippen LogP contribution in [-0.4, -0.2) is 9.97 Å². The Balaban J connectivity index is 2.39. The summed E-state index contributed by atoms with van der Waals surface area (Å²) < 4.78 is 0. The lowest BCUT2D eigenvalue weighted by atomic mass is 10.2. The average molecular weight is 205 g/mol. The lowest BCUT2D eigenvalue weighted by Crippen LogP contribution is -1.93. The van der Waals surface area contributed by atoms with Crippen molar-refractivity contribution in [2.45, 2.75) is 13.5 Å². The maximum atomic E-state index is 5.50. The van der Waals surface area contributed by atoms with Crippen LogP contribution in [-0.2, 0) is 6.54 Å². The number of aryl methyl sites for hydroxylation is 1. The molecule has 3 nitrogen and oxygen atoms in total. The summed E-state index contributed by atoms with van der Waals surface area (Å²) in [6, 6.07) is 2.10. The van der Waals surface area contributed by atoms with Crippen molar-refractivity contribution in [1.82, 2.24) is 9.97 Å². The number of nitrogens with two attached hydrogens (primary N) is 1. The second kappa shape index (κ2) is 3.86. The Morgan fingerprint density at radius 1 is 1.36 bits per heavy atom. The Morgan fingerprint density at radius 3 is 2.86 bits per heavy atom. The predicted octanol–water partition coefficient (Wildman–Crippen LogP) is 1.97. The molecule has 0 aliphatic carbocycles. The van der Waals surface area contributed by atoms with Gasteiger partial charge in [-0.2, -0.15) is 0 Å². The minimum Gasteiger partial charge on any atom is -0.325 e. The molecule has 2 rings (SSSR count). The third-order valence-electron chi connectivity index (χ3n) is 1.89. The molecule has 0 amide bonds. The van der Waals surface area contributed by atoms with Gasteiger partial charge >= 0.3 is 0 Å². The van der Waals surface area contributed by atoms with Gasteiger partial charge in [0.2, 0.25) is 0 Å². The normalized spacial score (nSPS) is 10.4. The summed E-state index contributed by atoms with van der Waals surface area (Å²) in [4.78, 5) is 9.48. The second-order valence-electron chi connectivity index (χ2n) is 3.07. The van der Waals surface area contributed by atoms with Crippen LogP contribution >= 0.6 is 11.3 Å². The molecule has 0 atom stereocenters. The Morgan fingerprint density at radius 2 is 2.21 bits per heavy atom. The summed E-state index contributed by atoms with van der Waals surface area (Å²) in [5, 5.41) is 0.960. The van der Waals surface area contributed by atoms with E-state index >= 15 is 0 Å². The predicted molar refractivity (Wildman–Crippen MR) is 58.0 cm³/mol. The zero-order chi connectivity index (χ0) is 9.97. The standard InChI is InChI=1S/C10H11N3S/c1-7-2-8(5-12-4-7)9-6-13-10(3-11)14-9/h2,4-6H,3,11H2,1H3. The molecule has 2 heterocycles. The third kappa shape index (κ3) is 1.81. The summed E-state index contributed by atoms with van der Waals surface area (Å²) in [6.45, 7) is 2.53. The van der Waals surface area contributed by atoms with Gasteiger partial charge in [-0.25, -0.2) is 4.98 Å². The summed E-state index contributed by atoms with van der Waals surface area (Å²) in [5.41, 5.74) is 7.77. The van der Waals surface area contributed by atoms with E-state index in [4.69, 9.17) is 5.73 Å². The van der Waals surface area contributed by atoms with Gasteiger partial charge in [0, 0.05) is 30.7 Å². The molecule has 0 fully saturated rings. The second-order valence-corrected chi connectivity index (χ2v) is 4.19. The Kier molecular flexibility index (Phi) is 2.56. The van der Waals surface area contributed by atoms with Crippen molar-refractivity contribution in [3.05, 3.63) is 35.2 Å². The van der Waals surface area contributed by atoms with E-state index in [1.807, 2.05) is 25.5 Å². The van der Waals surface area contributed by atoms with E-state index in [1.54, 1.807) is 11.3 Å². The first-order valence-corrected chi connectivity index (χ1v) is 5.18. The van der Waals surface area contributed by atoms with Gasteiger partial charge in [-0.15, -0.1) is 11.3 Å². The molecule has 4 heteroatoms. The molecule has 0 unspecified atom stereocenters. The maximum absolute atomic E-state index is 5.50. The lowest BCUT2D eigenvalue weighted by Gasteiger charge is -1.96. The molecule has 0 aliphatic rings. The largest absolute Gasteiger partial charge is 0.325 e. The summed E-state index contributed by atoms with van der Waals surface area (Å²) in [7, 11) is 0. The van der Waals surface area contributed by atoms with Crippen LogP contribution in [0.5, 0.6) is 0 Å². The topological polar surface area (TPSA) is 51.8 Å². The van der Waals surface area contributed by atoms with Crippen molar-refractivity contribution in [3.8, 4) is 10.4 Å². The average Bonchev–Trinajstić information content (AvgIpc) is 2.66. The van der Waals surface area contributed by atoms with Crippen molar-refractivity contribution in [1.29, 1.82) is 0 Å². The van der Waals surface area contributed by atoms with Crippen molar-refractivity contribution in [3.63, 3.8) is 0 Å². The minimum atomic E-state index is 0.504. The Hall–Kier alpha value is -1.26. The van der Waals surface area contributed by atoms with Crippen LogP contribution in [0.1, 0.15) is 10.6 Å². The molecule has 14 heavy (non-hydrogen) atoms. The van der Waals surface area contributed by atoms with Gasteiger partial charge in [0.15, 0.2) is 0 Å². The first-order valence-electron chi connectivity index (χ1n) is 4.36. The van der Waals surface area contributed by atoms with Gasteiger partial charge in [-0.1, -0.05) is 0 Å². The number of pyridine rings is 1. The molecule has 0 radical (unpaired) electrons. The highest BCUT2D eigenvalue weighted by Gasteiger charge is 2.03. The quantitative estimate of drug-likeness (QED) is 0.815. The molecular formula is C10H11N3S. The zero-order valence-corrected chi connectivity index (χ0v) is 8.71. The van der Waals surface area contributed by atoms with Gasteiger partial charge in [0.1, 0.15) is 5.01 Å². The first kappa shape index (κ1) is 9.30. The van der Waals surface area contributed by atoms with Gasteiger partial charge < -0.3 is 5.73 Å². The number of hydrogen-bond donors (Lipinski definition) is 1. The maximum Gasteiger partial charge on any atom is 0.107 e. The van der Waals surface area contributed by atoms with E-state index in [0.717, 1.165) is 21.0 Å². The summed E-state index contributed by atoms with van der Waals surface area (Å²) >= 11 is 1.62. The molecule has 2 aromatic heterocycles. The highest BCUT2D eigenvalue weighted by Crippen LogP contribution is 2.25. The lowest BCUT2D eigenvalue weighted by molar-refractivity contribution is 1.04. The summed E-state index contributed by atoms with van der Waals surface area (Å²) in [5.74, 6) is 0. The van der Waals surface area contributed by atoms with Crippen LogP contribution in [0.2, 0.25) is 0 Å². The Labute approximate surface area is 86.6 Å². The van der Waals surface area contributed by atoms with Gasteiger partial charge in [-0.05, 0) is 18.6 Å². The van der Waals surface area contributed by atoms with E-state index in [1.165, 1.54) is 0 Å². The molecule has 72 valence electrons. The Bertz CT molecular complexity index is 436. The van der Waals surface area contributed by atoms with Crippen LogP contribution in [0, 0.1) is 6.92 Å². The van der Waals surface area contributed by atoms with Crippen LogP contribution in [0.25, 0.3) is 10.4 Å². The van der Waals surface area contributed by atoms with Crippen molar-refractivity contribution in [2.75, 3.05) is 0 Å². The highest BCUT2D eigenvalue weighted by atomic mass is 32.1. The first-order chi connectivity index (χ1) is 6.79. The SMILES string of the molecule is Cc1cncc(-c2cnc(CN)s2)c1. The number of hydrogen-bond acceptors (Lipinski definition) is 4. The number of thiazole rings is 1. The molecule has 0 saturated carbocycles. The van der Waals surface area contributed by atoms with E-state index in [9.17, 15) is 0 Å². The fraction of sp³-hybridized carbons (Fsp3) is 0.200. The molecule has 0 bridgehead atoms. The number of rotatable bonds is 2. The van der Waals surface area contributed by atoms with Crippen LogP contribution in [0.15, 0.2) is 24.7 Å².